The van der Waals surface area contributed by atoms with E-state index in [1.54, 1.807) is 52.1 Å². The Bertz CT molecular complexity index is 1250. The zero-order valence-electron chi connectivity index (χ0n) is 18.9. The lowest BCUT2D eigenvalue weighted by atomic mass is 9.76. The first-order valence-electron chi connectivity index (χ1n) is 10.6. The SMILES string of the molecule is CC1=CC[C@@](F)(c2c([C@H](OC(C)(C)C)C(=O)O)c(C)nc3ccccc23)c2ncccc21. The van der Waals surface area contributed by atoms with Crippen LogP contribution in [-0.2, 0) is 15.2 Å². The van der Waals surface area contributed by atoms with E-state index in [2.05, 4.69) is 9.97 Å². The quantitative estimate of drug-likeness (QED) is 0.554. The van der Waals surface area contributed by atoms with Crippen LogP contribution in [0.1, 0.15) is 68.3 Å². The van der Waals surface area contributed by atoms with Gasteiger partial charge in [0.1, 0.15) is 0 Å². The van der Waals surface area contributed by atoms with Crippen molar-refractivity contribution in [3.8, 4) is 0 Å². The number of pyridine rings is 2. The summed E-state index contributed by atoms with van der Waals surface area (Å²) in [7, 11) is 0. The number of aromatic nitrogens is 2. The summed E-state index contributed by atoms with van der Waals surface area (Å²) in [5.41, 5.74) is 0.694. The number of nitrogens with zero attached hydrogens (tertiary/aromatic N) is 2. The van der Waals surface area contributed by atoms with Gasteiger partial charge in [-0.3, -0.25) is 9.97 Å². The summed E-state index contributed by atoms with van der Waals surface area (Å²) in [4.78, 5) is 21.5. The number of rotatable bonds is 4. The molecule has 0 bridgehead atoms. The lowest BCUT2D eigenvalue weighted by Crippen LogP contribution is -2.33. The second-order valence-corrected chi connectivity index (χ2v) is 9.24. The minimum absolute atomic E-state index is 0.0468. The molecule has 0 unspecified atom stereocenters. The predicted octanol–water partition coefficient (Wildman–Crippen LogP) is 5.90. The van der Waals surface area contributed by atoms with Crippen LogP contribution >= 0.6 is 0 Å². The van der Waals surface area contributed by atoms with Crippen LogP contribution in [0.15, 0.2) is 48.7 Å². The average Bonchev–Trinajstić information content (AvgIpc) is 2.73. The third kappa shape index (κ3) is 3.69. The summed E-state index contributed by atoms with van der Waals surface area (Å²) >= 11 is 0. The smallest absolute Gasteiger partial charge is 0.337 e. The Labute approximate surface area is 187 Å². The summed E-state index contributed by atoms with van der Waals surface area (Å²) in [5.74, 6) is -1.19. The number of allylic oxidation sites excluding steroid dienone is 2. The first-order chi connectivity index (χ1) is 15.0. The van der Waals surface area contributed by atoms with E-state index in [1.165, 1.54) is 0 Å². The molecule has 0 aliphatic heterocycles. The lowest BCUT2D eigenvalue weighted by Gasteiger charge is -2.35. The molecule has 3 aromatic rings. The van der Waals surface area contributed by atoms with E-state index in [1.807, 2.05) is 31.2 Å². The number of carboxylic acid groups (broad SMARTS) is 1. The summed E-state index contributed by atoms with van der Waals surface area (Å²) in [6, 6.07) is 10.9. The Hall–Kier alpha value is -3.12. The van der Waals surface area contributed by atoms with Crippen LogP contribution in [0.2, 0.25) is 0 Å². The van der Waals surface area contributed by atoms with Crippen LogP contribution in [0.3, 0.4) is 0 Å². The molecule has 1 aromatic carbocycles. The maximum atomic E-state index is 17.3. The highest BCUT2D eigenvalue weighted by atomic mass is 19.1. The minimum atomic E-state index is -2.03. The Morgan fingerprint density at radius 3 is 2.59 bits per heavy atom. The van der Waals surface area contributed by atoms with Crippen LogP contribution in [-0.4, -0.2) is 26.6 Å². The van der Waals surface area contributed by atoms with Gasteiger partial charge in [0, 0.05) is 40.4 Å². The molecule has 2 aromatic heterocycles. The number of benzene rings is 1. The number of ether oxygens (including phenoxy) is 1. The van der Waals surface area contributed by atoms with Crippen molar-refractivity contribution in [2.75, 3.05) is 0 Å². The highest BCUT2D eigenvalue weighted by molar-refractivity contribution is 5.88. The number of fused-ring (bicyclic) bond motifs is 2. The number of carbonyl (C=O) groups is 1. The molecular formula is C26H27FN2O3. The van der Waals surface area contributed by atoms with Crippen LogP contribution in [0.5, 0.6) is 0 Å². The van der Waals surface area contributed by atoms with E-state index in [-0.39, 0.29) is 23.2 Å². The van der Waals surface area contributed by atoms with Crippen molar-refractivity contribution in [2.24, 2.45) is 0 Å². The second kappa shape index (κ2) is 7.78. The Morgan fingerprint density at radius 1 is 1.19 bits per heavy atom. The number of carboxylic acids is 1. The van der Waals surface area contributed by atoms with Gasteiger partial charge in [0.05, 0.1) is 16.8 Å². The molecule has 0 spiro atoms. The molecule has 6 heteroatoms. The molecule has 0 amide bonds. The molecule has 32 heavy (non-hydrogen) atoms. The number of para-hydroxylation sites is 1. The lowest BCUT2D eigenvalue weighted by molar-refractivity contribution is -0.161. The first-order valence-corrected chi connectivity index (χ1v) is 10.6. The van der Waals surface area contributed by atoms with Crippen molar-refractivity contribution < 1.29 is 19.0 Å². The Balaban J connectivity index is 2.11. The van der Waals surface area contributed by atoms with Crippen LogP contribution in [0, 0.1) is 6.92 Å². The number of aliphatic carboxylic acids is 1. The normalized spacial score (nSPS) is 19.4. The predicted molar refractivity (Wildman–Crippen MR) is 122 cm³/mol. The summed E-state index contributed by atoms with van der Waals surface area (Å²) in [6.45, 7) is 8.98. The number of hydrogen-bond donors (Lipinski definition) is 1. The number of hydrogen-bond acceptors (Lipinski definition) is 4. The molecule has 4 rings (SSSR count). The van der Waals surface area contributed by atoms with Gasteiger partial charge in [0.15, 0.2) is 11.8 Å². The molecular weight excluding hydrogens is 407 g/mol. The summed E-state index contributed by atoms with van der Waals surface area (Å²) in [5, 5.41) is 10.7. The molecule has 166 valence electrons. The Morgan fingerprint density at radius 2 is 1.91 bits per heavy atom. The van der Waals surface area contributed by atoms with E-state index in [0.29, 0.717) is 16.6 Å². The van der Waals surface area contributed by atoms with E-state index >= 15 is 4.39 Å². The monoisotopic (exact) mass is 434 g/mol. The van der Waals surface area contributed by atoms with Gasteiger partial charge in [-0.1, -0.05) is 30.3 Å². The minimum Gasteiger partial charge on any atom is -0.479 e. The van der Waals surface area contributed by atoms with Crippen molar-refractivity contribution in [3.63, 3.8) is 0 Å². The average molecular weight is 435 g/mol. The van der Waals surface area contributed by atoms with Crippen LogP contribution < -0.4 is 0 Å². The van der Waals surface area contributed by atoms with Gasteiger partial charge < -0.3 is 9.84 Å². The fraction of sp³-hybridized carbons (Fsp3) is 0.346. The standard InChI is InChI=1S/C26H27FN2O3/c1-15-12-13-26(27,23-17(15)10-8-14-28-23)21-18-9-6-7-11-19(18)29-16(2)20(21)22(24(30)31)32-25(3,4)5/h6-12,14,22H,13H2,1-5H3,(H,30,31)/t22-,26+/m0/s1. The van der Waals surface area contributed by atoms with Crippen molar-refractivity contribution in [2.45, 2.75) is 58.4 Å². The van der Waals surface area contributed by atoms with Gasteiger partial charge in [-0.2, -0.15) is 0 Å². The zero-order chi connectivity index (χ0) is 23.3. The molecule has 1 aliphatic carbocycles. The first kappa shape index (κ1) is 22.1. The van der Waals surface area contributed by atoms with Gasteiger partial charge >= 0.3 is 5.97 Å². The van der Waals surface area contributed by atoms with Crippen molar-refractivity contribution in [1.82, 2.24) is 9.97 Å². The highest BCUT2D eigenvalue weighted by Crippen LogP contribution is 2.49. The molecule has 0 radical (unpaired) electrons. The molecule has 1 N–H and O–H groups in total. The third-order valence-electron chi connectivity index (χ3n) is 5.77. The number of alkyl halides is 1. The third-order valence-corrected chi connectivity index (χ3v) is 5.77. The summed E-state index contributed by atoms with van der Waals surface area (Å²) in [6.07, 6.45) is 2.08. The Kier molecular flexibility index (Phi) is 5.37. The number of halogens is 1. The van der Waals surface area contributed by atoms with E-state index in [4.69, 9.17) is 4.74 Å². The van der Waals surface area contributed by atoms with Crippen molar-refractivity contribution in [1.29, 1.82) is 0 Å². The maximum Gasteiger partial charge on any atom is 0.337 e. The van der Waals surface area contributed by atoms with Crippen molar-refractivity contribution >= 4 is 22.4 Å². The van der Waals surface area contributed by atoms with Gasteiger partial charge in [-0.15, -0.1) is 0 Å². The molecule has 2 heterocycles. The molecule has 0 saturated heterocycles. The van der Waals surface area contributed by atoms with Gasteiger partial charge in [-0.05, 0) is 52.3 Å². The summed E-state index contributed by atoms with van der Waals surface area (Å²) < 4.78 is 23.3. The van der Waals surface area contributed by atoms with Crippen LogP contribution in [0.25, 0.3) is 16.5 Å². The second-order valence-electron chi connectivity index (χ2n) is 9.24. The zero-order valence-corrected chi connectivity index (χ0v) is 18.9. The molecule has 5 nitrogen and oxygen atoms in total. The fourth-order valence-electron chi connectivity index (χ4n) is 4.44. The molecule has 0 fully saturated rings. The fourth-order valence-corrected chi connectivity index (χ4v) is 4.44. The maximum absolute atomic E-state index is 17.3. The van der Waals surface area contributed by atoms with Crippen molar-refractivity contribution in [3.05, 3.63) is 76.7 Å². The highest BCUT2D eigenvalue weighted by Gasteiger charge is 2.45. The van der Waals surface area contributed by atoms with Crippen LogP contribution in [0.4, 0.5) is 4.39 Å². The van der Waals surface area contributed by atoms with E-state index in [0.717, 1.165) is 11.1 Å². The van der Waals surface area contributed by atoms with Gasteiger partial charge in [-0.25, -0.2) is 9.18 Å². The molecule has 2 atom stereocenters. The largest absolute Gasteiger partial charge is 0.479 e. The van der Waals surface area contributed by atoms with Gasteiger partial charge in [0.25, 0.3) is 0 Å². The molecule has 0 saturated carbocycles. The molecule has 1 aliphatic rings. The van der Waals surface area contributed by atoms with Gasteiger partial charge in [0.2, 0.25) is 0 Å². The topological polar surface area (TPSA) is 72.3 Å². The van der Waals surface area contributed by atoms with E-state index < -0.39 is 23.3 Å². The van der Waals surface area contributed by atoms with E-state index in [9.17, 15) is 9.90 Å². The number of aryl methyl sites for hydroxylation is 1.